The minimum absolute atomic E-state index is 0.236. The lowest BCUT2D eigenvalue weighted by atomic mass is 10.1. The Bertz CT molecular complexity index is 1120. The molecule has 2 amide bonds. The predicted octanol–water partition coefficient (Wildman–Crippen LogP) is 5.71. The van der Waals surface area contributed by atoms with Crippen LogP contribution in [0.5, 0.6) is 0 Å². The fraction of sp³-hybridized carbons (Fsp3) is 0.441. The van der Waals surface area contributed by atoms with Crippen LogP contribution in [0, 0.1) is 0 Å². The highest BCUT2D eigenvalue weighted by Crippen LogP contribution is 2.07. The van der Waals surface area contributed by atoms with Crippen molar-refractivity contribution in [1.29, 1.82) is 0 Å². The number of hydrogen-bond acceptors (Lipinski definition) is 7. The highest BCUT2D eigenvalue weighted by atomic mass is 16.6. The number of carbonyl (C=O) groups excluding carboxylic acids is 4. The fourth-order valence-corrected chi connectivity index (χ4v) is 3.69. The first-order chi connectivity index (χ1) is 20.8. The molecule has 0 aliphatic carbocycles. The smallest absolute Gasteiger partial charge is 0.332 e. The summed E-state index contributed by atoms with van der Waals surface area (Å²) in [5.74, 6) is -2.36. The number of carbonyl (C=O) groups is 4. The van der Waals surface area contributed by atoms with Crippen molar-refractivity contribution in [2.24, 2.45) is 0 Å². The molecular formula is C34H47N3O6. The van der Waals surface area contributed by atoms with Gasteiger partial charge in [-0.3, -0.25) is 14.6 Å². The van der Waals surface area contributed by atoms with Crippen molar-refractivity contribution in [2.75, 3.05) is 7.11 Å². The average molecular weight is 594 g/mol. The van der Waals surface area contributed by atoms with Gasteiger partial charge in [-0.1, -0.05) is 67.7 Å². The van der Waals surface area contributed by atoms with E-state index in [0.29, 0.717) is 6.42 Å². The summed E-state index contributed by atoms with van der Waals surface area (Å²) >= 11 is 0. The molecule has 0 saturated heterocycles. The molecule has 0 spiro atoms. The van der Waals surface area contributed by atoms with Crippen LogP contribution in [0.2, 0.25) is 0 Å². The van der Waals surface area contributed by atoms with Crippen molar-refractivity contribution in [1.82, 2.24) is 15.6 Å². The zero-order valence-corrected chi connectivity index (χ0v) is 25.9. The number of methoxy groups -OCH3 is 1. The van der Waals surface area contributed by atoms with E-state index in [1.165, 1.54) is 39.4 Å². The van der Waals surface area contributed by atoms with E-state index in [0.717, 1.165) is 38.5 Å². The van der Waals surface area contributed by atoms with Crippen molar-refractivity contribution < 1.29 is 28.7 Å². The second-order valence-electron chi connectivity index (χ2n) is 9.75. The summed E-state index contributed by atoms with van der Waals surface area (Å²) in [5, 5.41) is 5.12. The Labute approximate surface area is 256 Å². The molecule has 0 saturated carbocycles. The van der Waals surface area contributed by atoms with Gasteiger partial charge in [0.25, 0.3) is 5.91 Å². The molecule has 0 aliphatic rings. The van der Waals surface area contributed by atoms with Crippen LogP contribution in [0.25, 0.3) is 0 Å². The number of unbranched alkanes of at least 4 members (excludes halogenated alkanes) is 1. The van der Waals surface area contributed by atoms with E-state index >= 15 is 0 Å². The van der Waals surface area contributed by atoms with Crippen LogP contribution in [0.4, 0.5) is 0 Å². The molecule has 43 heavy (non-hydrogen) atoms. The number of ether oxygens (including phenoxy) is 2. The number of esters is 2. The van der Waals surface area contributed by atoms with Gasteiger partial charge in [-0.05, 0) is 70.9 Å². The molecule has 1 heterocycles. The number of hydrogen-bond donors (Lipinski definition) is 2. The average Bonchev–Trinajstić information content (AvgIpc) is 3.01. The van der Waals surface area contributed by atoms with Gasteiger partial charge in [0.15, 0.2) is 6.04 Å². The molecule has 9 heteroatoms. The van der Waals surface area contributed by atoms with E-state index in [4.69, 9.17) is 9.47 Å². The summed E-state index contributed by atoms with van der Waals surface area (Å²) in [7, 11) is 1.17. The minimum atomic E-state index is -1.24. The SMILES string of the molecule is CC/C=C\C/C=C\C/C=C\C/C=C\C/C=C\CCCC(=O)N[C@@H](C)C(=O)O[C@H](C)[C@H](NC(=O)c1cccnc1)C(=O)OC. The van der Waals surface area contributed by atoms with Crippen LogP contribution >= 0.6 is 0 Å². The highest BCUT2D eigenvalue weighted by Gasteiger charge is 2.32. The summed E-state index contributed by atoms with van der Waals surface area (Å²) in [4.78, 5) is 53.4. The Morgan fingerprint density at radius 1 is 0.837 bits per heavy atom. The molecule has 9 nitrogen and oxygen atoms in total. The van der Waals surface area contributed by atoms with Crippen LogP contribution < -0.4 is 10.6 Å². The van der Waals surface area contributed by atoms with Crippen molar-refractivity contribution in [3.8, 4) is 0 Å². The quantitative estimate of drug-likeness (QED) is 0.113. The van der Waals surface area contributed by atoms with Gasteiger partial charge in [-0.25, -0.2) is 9.59 Å². The van der Waals surface area contributed by atoms with Crippen LogP contribution in [0.3, 0.4) is 0 Å². The van der Waals surface area contributed by atoms with Gasteiger partial charge in [0.05, 0.1) is 12.7 Å². The Kier molecular flexibility index (Phi) is 19.9. The van der Waals surface area contributed by atoms with E-state index in [-0.39, 0.29) is 17.9 Å². The lowest BCUT2D eigenvalue weighted by molar-refractivity contribution is -0.158. The summed E-state index contributed by atoms with van der Waals surface area (Å²) < 4.78 is 10.1. The van der Waals surface area contributed by atoms with Gasteiger partial charge < -0.3 is 20.1 Å². The number of amides is 2. The third-order valence-electron chi connectivity index (χ3n) is 6.10. The summed E-state index contributed by atoms with van der Waals surface area (Å²) in [5.41, 5.74) is 0.236. The van der Waals surface area contributed by atoms with E-state index in [1.54, 1.807) is 6.07 Å². The molecule has 234 valence electrons. The topological polar surface area (TPSA) is 124 Å². The first-order valence-corrected chi connectivity index (χ1v) is 14.8. The molecule has 0 bridgehead atoms. The zero-order valence-electron chi connectivity index (χ0n) is 25.9. The van der Waals surface area contributed by atoms with Crippen molar-refractivity contribution in [3.63, 3.8) is 0 Å². The van der Waals surface area contributed by atoms with Crippen LogP contribution in [0.15, 0.2) is 85.3 Å². The van der Waals surface area contributed by atoms with E-state index in [1.807, 2.05) is 6.08 Å². The molecule has 0 fully saturated rings. The minimum Gasteiger partial charge on any atom is -0.467 e. The van der Waals surface area contributed by atoms with Crippen LogP contribution in [-0.2, 0) is 23.9 Å². The predicted molar refractivity (Wildman–Crippen MR) is 169 cm³/mol. The van der Waals surface area contributed by atoms with Gasteiger partial charge in [-0.2, -0.15) is 0 Å². The Morgan fingerprint density at radius 3 is 1.95 bits per heavy atom. The fourth-order valence-electron chi connectivity index (χ4n) is 3.69. The van der Waals surface area contributed by atoms with E-state index in [9.17, 15) is 19.2 Å². The first kappa shape index (κ1) is 36.8. The normalized spacial score (nSPS) is 14.0. The molecule has 1 rings (SSSR count). The van der Waals surface area contributed by atoms with Crippen molar-refractivity contribution in [3.05, 3.63) is 90.9 Å². The lowest BCUT2D eigenvalue weighted by Crippen LogP contribution is -2.51. The Hall–Kier alpha value is -4.27. The maximum absolute atomic E-state index is 12.6. The zero-order chi connectivity index (χ0) is 31.7. The summed E-state index contributed by atoms with van der Waals surface area (Å²) in [6, 6.07) is 0.940. The number of allylic oxidation sites excluding steroid dienone is 10. The standard InChI is InChI=1S/C34H47N3O6/c1-5-6-7-8-9-10-11-12-13-14-15-16-17-18-19-20-21-24-30(38)36-27(2)33(40)43-28(3)31(34(41)42-4)37-32(39)29-23-22-25-35-26-29/h6-7,9-10,12-13,15-16,18-19,22-23,25-28,31H,5,8,11,14,17,20-21,24H2,1-4H3,(H,36,38)(H,37,39)/b7-6-,10-9-,13-12-,16-15-,19-18-/t27-,28+,31-/m0/s1. The number of aromatic nitrogens is 1. The monoisotopic (exact) mass is 593 g/mol. The van der Waals surface area contributed by atoms with Gasteiger partial charge in [0.2, 0.25) is 5.91 Å². The molecule has 2 N–H and O–H groups in total. The highest BCUT2D eigenvalue weighted by molar-refractivity contribution is 5.96. The molecule has 0 aromatic carbocycles. The Balaban J connectivity index is 2.30. The number of nitrogens with one attached hydrogen (secondary N) is 2. The number of rotatable bonds is 20. The summed E-state index contributed by atoms with van der Waals surface area (Å²) in [6.07, 6.45) is 29.6. The van der Waals surface area contributed by atoms with Gasteiger partial charge in [0.1, 0.15) is 12.1 Å². The number of nitrogens with zero attached hydrogens (tertiary/aromatic N) is 1. The molecule has 0 aliphatic heterocycles. The number of pyridine rings is 1. The largest absolute Gasteiger partial charge is 0.467 e. The van der Waals surface area contributed by atoms with Crippen LogP contribution in [0.1, 0.15) is 82.5 Å². The van der Waals surface area contributed by atoms with Crippen LogP contribution in [-0.4, -0.2) is 54.0 Å². The molecule has 1 aromatic rings. The molecular weight excluding hydrogens is 546 g/mol. The maximum atomic E-state index is 12.6. The third kappa shape index (κ3) is 17.3. The molecule has 0 unspecified atom stereocenters. The second kappa shape index (κ2) is 23.3. The molecule has 3 atom stereocenters. The van der Waals surface area contributed by atoms with Crippen molar-refractivity contribution in [2.45, 2.75) is 90.3 Å². The Morgan fingerprint density at radius 2 is 1.42 bits per heavy atom. The van der Waals surface area contributed by atoms with Gasteiger partial charge >= 0.3 is 11.9 Å². The van der Waals surface area contributed by atoms with E-state index in [2.05, 4.69) is 77.2 Å². The summed E-state index contributed by atoms with van der Waals surface area (Å²) in [6.45, 7) is 5.09. The lowest BCUT2D eigenvalue weighted by Gasteiger charge is -2.24. The van der Waals surface area contributed by atoms with Crippen molar-refractivity contribution >= 4 is 23.8 Å². The molecule has 0 radical (unpaired) electrons. The van der Waals surface area contributed by atoms with Gasteiger partial charge in [-0.15, -0.1) is 0 Å². The second-order valence-corrected chi connectivity index (χ2v) is 9.75. The van der Waals surface area contributed by atoms with E-state index < -0.39 is 36.0 Å². The molecule has 1 aromatic heterocycles. The maximum Gasteiger partial charge on any atom is 0.332 e. The first-order valence-electron chi connectivity index (χ1n) is 14.8. The third-order valence-corrected chi connectivity index (χ3v) is 6.10. The van der Waals surface area contributed by atoms with Gasteiger partial charge in [0, 0.05) is 18.8 Å².